The Morgan fingerprint density at radius 1 is 1.29 bits per heavy atom. The van der Waals surface area contributed by atoms with Gasteiger partial charge in [0.15, 0.2) is 0 Å². The first-order chi connectivity index (χ1) is 8.08. The molecule has 3 heteroatoms. The number of aryl methyl sites for hydroxylation is 1. The van der Waals surface area contributed by atoms with E-state index in [9.17, 15) is 4.79 Å². The third-order valence-corrected chi connectivity index (χ3v) is 2.54. The molecule has 0 spiro atoms. The second-order valence-corrected chi connectivity index (χ2v) is 4.31. The topological polar surface area (TPSA) is 39.2 Å². The molecule has 0 atom stereocenters. The lowest BCUT2D eigenvalue weighted by atomic mass is 10.1. The van der Waals surface area contributed by atoms with E-state index in [1.54, 1.807) is 12.3 Å². The summed E-state index contributed by atoms with van der Waals surface area (Å²) in [4.78, 5) is 16.0. The summed E-state index contributed by atoms with van der Waals surface area (Å²) in [6.07, 6.45) is 1.66. The molecule has 0 aliphatic rings. The molecule has 2 rings (SSSR count). The Morgan fingerprint density at radius 2 is 2.06 bits per heavy atom. The molecule has 3 nitrogen and oxygen atoms in total. The maximum absolute atomic E-state index is 11.8. The zero-order valence-electron chi connectivity index (χ0n) is 10.2. The minimum Gasteiger partial charge on any atom is -0.459 e. The highest BCUT2D eigenvalue weighted by atomic mass is 16.5. The van der Waals surface area contributed by atoms with Gasteiger partial charge in [-0.1, -0.05) is 0 Å². The Morgan fingerprint density at radius 3 is 2.76 bits per heavy atom. The fraction of sp³-hybridized carbons (Fsp3) is 0.286. The molecule has 0 radical (unpaired) electrons. The van der Waals surface area contributed by atoms with Crippen LogP contribution in [-0.4, -0.2) is 17.1 Å². The highest BCUT2D eigenvalue weighted by molar-refractivity contribution is 5.95. The number of rotatable bonds is 2. The van der Waals surface area contributed by atoms with Crippen LogP contribution in [0.25, 0.3) is 10.9 Å². The van der Waals surface area contributed by atoms with Crippen LogP contribution in [0.15, 0.2) is 30.5 Å². The number of ether oxygens (including phenoxy) is 1. The maximum atomic E-state index is 11.8. The minimum absolute atomic E-state index is 0.104. The maximum Gasteiger partial charge on any atom is 0.338 e. The van der Waals surface area contributed by atoms with E-state index in [0.717, 1.165) is 16.5 Å². The number of pyridine rings is 1. The number of hydrogen-bond acceptors (Lipinski definition) is 3. The molecule has 17 heavy (non-hydrogen) atoms. The lowest BCUT2D eigenvalue weighted by Crippen LogP contribution is -2.11. The van der Waals surface area contributed by atoms with Gasteiger partial charge < -0.3 is 4.74 Å². The van der Waals surface area contributed by atoms with E-state index >= 15 is 0 Å². The molecule has 0 aliphatic heterocycles. The van der Waals surface area contributed by atoms with Crippen molar-refractivity contribution in [3.8, 4) is 0 Å². The fourth-order valence-corrected chi connectivity index (χ4v) is 1.69. The van der Waals surface area contributed by atoms with Gasteiger partial charge in [-0.15, -0.1) is 0 Å². The minimum atomic E-state index is -0.287. The summed E-state index contributed by atoms with van der Waals surface area (Å²) in [5.74, 6) is -0.287. The van der Waals surface area contributed by atoms with Crippen molar-refractivity contribution >= 4 is 16.9 Å². The van der Waals surface area contributed by atoms with Gasteiger partial charge in [0.25, 0.3) is 0 Å². The number of esters is 1. The largest absolute Gasteiger partial charge is 0.459 e. The number of aromatic nitrogens is 1. The quantitative estimate of drug-likeness (QED) is 0.743. The Labute approximate surface area is 100 Å². The van der Waals surface area contributed by atoms with Crippen LogP contribution in [0, 0.1) is 6.92 Å². The van der Waals surface area contributed by atoms with Gasteiger partial charge >= 0.3 is 5.97 Å². The monoisotopic (exact) mass is 229 g/mol. The van der Waals surface area contributed by atoms with Crippen molar-refractivity contribution < 1.29 is 9.53 Å². The fourth-order valence-electron chi connectivity index (χ4n) is 1.69. The first kappa shape index (κ1) is 11.6. The van der Waals surface area contributed by atoms with Gasteiger partial charge in [0.2, 0.25) is 0 Å². The zero-order valence-corrected chi connectivity index (χ0v) is 10.2. The molecule has 0 bridgehead atoms. The Bertz CT molecular complexity index is 561. The predicted molar refractivity (Wildman–Crippen MR) is 67.0 cm³/mol. The van der Waals surface area contributed by atoms with Crippen LogP contribution >= 0.6 is 0 Å². The SMILES string of the molecule is Cc1ccnc2ccc(C(=O)OC(C)C)cc12. The number of carbonyl (C=O) groups is 1. The Kier molecular flexibility index (Phi) is 3.09. The van der Waals surface area contributed by atoms with Crippen molar-refractivity contribution in [3.63, 3.8) is 0 Å². The van der Waals surface area contributed by atoms with Crippen LogP contribution in [0.1, 0.15) is 29.8 Å². The smallest absolute Gasteiger partial charge is 0.338 e. The van der Waals surface area contributed by atoms with Crippen LogP contribution in [-0.2, 0) is 4.74 Å². The lowest BCUT2D eigenvalue weighted by molar-refractivity contribution is 0.0378. The molecule has 0 amide bonds. The summed E-state index contributed by atoms with van der Waals surface area (Å²) < 4.78 is 5.17. The van der Waals surface area contributed by atoms with E-state index in [1.165, 1.54) is 0 Å². The summed E-state index contributed by atoms with van der Waals surface area (Å²) in [6.45, 7) is 5.68. The molecule has 0 aliphatic carbocycles. The normalized spacial score (nSPS) is 10.8. The molecule has 0 unspecified atom stereocenters. The van der Waals surface area contributed by atoms with E-state index < -0.39 is 0 Å². The van der Waals surface area contributed by atoms with Crippen molar-refractivity contribution in [1.29, 1.82) is 0 Å². The van der Waals surface area contributed by atoms with E-state index in [1.807, 2.05) is 39.0 Å². The molecular formula is C14H15NO2. The van der Waals surface area contributed by atoms with Crippen LogP contribution in [0.3, 0.4) is 0 Å². The van der Waals surface area contributed by atoms with Crippen LogP contribution in [0.5, 0.6) is 0 Å². The van der Waals surface area contributed by atoms with Gasteiger partial charge in [-0.25, -0.2) is 4.79 Å². The number of carbonyl (C=O) groups excluding carboxylic acids is 1. The van der Waals surface area contributed by atoms with Crippen LogP contribution in [0.2, 0.25) is 0 Å². The number of nitrogens with zero attached hydrogens (tertiary/aromatic N) is 1. The number of fused-ring (bicyclic) bond motifs is 1. The molecule has 2 aromatic rings. The predicted octanol–water partition coefficient (Wildman–Crippen LogP) is 3.11. The molecule has 0 saturated heterocycles. The van der Waals surface area contributed by atoms with E-state index in [2.05, 4.69) is 4.98 Å². The summed E-state index contributed by atoms with van der Waals surface area (Å²) in [7, 11) is 0. The summed E-state index contributed by atoms with van der Waals surface area (Å²) in [6, 6.07) is 7.36. The highest BCUT2D eigenvalue weighted by Crippen LogP contribution is 2.18. The van der Waals surface area contributed by atoms with Gasteiger partial charge in [0.1, 0.15) is 0 Å². The van der Waals surface area contributed by atoms with Crippen LogP contribution in [0.4, 0.5) is 0 Å². The van der Waals surface area contributed by atoms with Gasteiger partial charge in [0, 0.05) is 11.6 Å². The number of hydrogen-bond donors (Lipinski definition) is 0. The van der Waals surface area contributed by atoms with E-state index in [0.29, 0.717) is 5.56 Å². The van der Waals surface area contributed by atoms with Crippen molar-refractivity contribution in [2.45, 2.75) is 26.9 Å². The molecule has 1 aromatic heterocycles. The standard InChI is InChI=1S/C14H15NO2/c1-9(2)17-14(16)11-4-5-13-12(8-11)10(3)6-7-15-13/h4-9H,1-3H3. The Balaban J connectivity index is 2.44. The summed E-state index contributed by atoms with van der Waals surface area (Å²) >= 11 is 0. The second-order valence-electron chi connectivity index (χ2n) is 4.31. The van der Waals surface area contributed by atoms with Crippen molar-refractivity contribution in [1.82, 2.24) is 4.98 Å². The van der Waals surface area contributed by atoms with Crippen molar-refractivity contribution in [3.05, 3.63) is 41.6 Å². The van der Waals surface area contributed by atoms with Gasteiger partial charge in [0.05, 0.1) is 17.2 Å². The zero-order chi connectivity index (χ0) is 12.4. The summed E-state index contributed by atoms with van der Waals surface area (Å²) in [5.41, 5.74) is 2.57. The van der Waals surface area contributed by atoms with Gasteiger partial charge in [-0.3, -0.25) is 4.98 Å². The molecule has 0 fully saturated rings. The van der Waals surface area contributed by atoms with Gasteiger partial charge in [-0.2, -0.15) is 0 Å². The number of benzene rings is 1. The van der Waals surface area contributed by atoms with Crippen LogP contribution < -0.4 is 0 Å². The van der Waals surface area contributed by atoms with Gasteiger partial charge in [-0.05, 0) is 50.6 Å². The molecule has 1 aromatic carbocycles. The first-order valence-corrected chi connectivity index (χ1v) is 5.64. The van der Waals surface area contributed by atoms with E-state index in [-0.39, 0.29) is 12.1 Å². The average Bonchev–Trinajstić information content (AvgIpc) is 2.28. The molecular weight excluding hydrogens is 214 g/mol. The third-order valence-electron chi connectivity index (χ3n) is 2.54. The molecule has 0 N–H and O–H groups in total. The third kappa shape index (κ3) is 2.44. The summed E-state index contributed by atoms with van der Waals surface area (Å²) in [5, 5.41) is 0.991. The lowest BCUT2D eigenvalue weighted by Gasteiger charge is -2.08. The molecule has 1 heterocycles. The average molecular weight is 229 g/mol. The Hall–Kier alpha value is -1.90. The van der Waals surface area contributed by atoms with Crippen molar-refractivity contribution in [2.24, 2.45) is 0 Å². The molecule has 88 valence electrons. The first-order valence-electron chi connectivity index (χ1n) is 5.64. The van der Waals surface area contributed by atoms with Crippen molar-refractivity contribution in [2.75, 3.05) is 0 Å². The van der Waals surface area contributed by atoms with E-state index in [4.69, 9.17) is 4.74 Å². The second kappa shape index (κ2) is 4.53. The molecule has 0 saturated carbocycles. The highest BCUT2D eigenvalue weighted by Gasteiger charge is 2.10.